The molecule has 1 aromatic carbocycles. The van der Waals surface area contributed by atoms with Crippen LogP contribution in [0.3, 0.4) is 0 Å². The summed E-state index contributed by atoms with van der Waals surface area (Å²) < 4.78 is 5.17. The molecule has 0 aromatic heterocycles. The molecule has 2 N–H and O–H groups in total. The first-order chi connectivity index (χ1) is 8.46. The number of rotatable bonds is 3. The minimum Gasteiger partial charge on any atom is -0.497 e. The van der Waals surface area contributed by atoms with Crippen LogP contribution in [-0.2, 0) is 5.66 Å². The van der Waals surface area contributed by atoms with Gasteiger partial charge in [0.1, 0.15) is 11.4 Å². The first-order valence-electron chi connectivity index (χ1n) is 6.00. The predicted molar refractivity (Wildman–Crippen MR) is 76.2 cm³/mol. The van der Waals surface area contributed by atoms with Crippen molar-refractivity contribution in [2.24, 2.45) is 0 Å². The van der Waals surface area contributed by atoms with Crippen LogP contribution in [0.2, 0.25) is 0 Å². The van der Waals surface area contributed by atoms with Gasteiger partial charge < -0.3 is 10.1 Å². The van der Waals surface area contributed by atoms with Gasteiger partial charge in [0.2, 0.25) is 0 Å². The third-order valence-electron chi connectivity index (χ3n) is 3.10. The molecule has 4 nitrogen and oxygen atoms in total. The lowest BCUT2D eigenvalue weighted by molar-refractivity contribution is 0.202. The number of methoxy groups -OCH3 is 1. The number of hydrazine groups is 1. The highest BCUT2D eigenvalue weighted by Gasteiger charge is 2.38. The summed E-state index contributed by atoms with van der Waals surface area (Å²) in [5.74, 6) is 0.851. The predicted octanol–water partition coefficient (Wildman–Crippen LogP) is 1.97. The van der Waals surface area contributed by atoms with Crippen LogP contribution in [0.4, 0.5) is 0 Å². The van der Waals surface area contributed by atoms with E-state index in [9.17, 15) is 0 Å². The van der Waals surface area contributed by atoms with E-state index < -0.39 is 0 Å². The Labute approximate surface area is 113 Å². The van der Waals surface area contributed by atoms with Gasteiger partial charge in [0.15, 0.2) is 5.11 Å². The van der Waals surface area contributed by atoms with Crippen molar-refractivity contribution in [3.8, 4) is 5.75 Å². The summed E-state index contributed by atoms with van der Waals surface area (Å²) in [6, 6.07) is 8.28. The summed E-state index contributed by atoms with van der Waals surface area (Å²) in [6.45, 7) is 6.27. The summed E-state index contributed by atoms with van der Waals surface area (Å²) in [5, 5.41) is 6.02. The molecule has 0 radical (unpaired) electrons. The van der Waals surface area contributed by atoms with Crippen LogP contribution in [0.25, 0.3) is 0 Å². The zero-order valence-electron chi connectivity index (χ0n) is 11.2. The number of thiocarbonyl (C=S) groups is 1. The summed E-state index contributed by atoms with van der Waals surface area (Å²) in [4.78, 5) is 0. The molecule has 1 aliphatic heterocycles. The van der Waals surface area contributed by atoms with E-state index in [4.69, 9.17) is 17.0 Å². The molecular formula is C13H19N3OS. The molecule has 2 rings (SSSR count). The number of benzene rings is 1. The zero-order valence-corrected chi connectivity index (χ0v) is 12.0. The van der Waals surface area contributed by atoms with E-state index in [1.807, 2.05) is 29.3 Å². The summed E-state index contributed by atoms with van der Waals surface area (Å²) >= 11 is 5.34. The molecule has 1 heterocycles. The van der Waals surface area contributed by atoms with Crippen molar-refractivity contribution in [3.63, 3.8) is 0 Å². The Morgan fingerprint density at radius 3 is 2.33 bits per heavy atom. The van der Waals surface area contributed by atoms with Gasteiger partial charge >= 0.3 is 0 Å². The smallest absolute Gasteiger partial charge is 0.185 e. The molecule has 0 amide bonds. The van der Waals surface area contributed by atoms with Crippen LogP contribution in [0.15, 0.2) is 24.3 Å². The van der Waals surface area contributed by atoms with Gasteiger partial charge in [0.25, 0.3) is 0 Å². The molecule has 1 saturated heterocycles. The maximum atomic E-state index is 5.34. The van der Waals surface area contributed by atoms with Crippen LogP contribution >= 0.6 is 12.2 Å². The van der Waals surface area contributed by atoms with Gasteiger partial charge in [-0.05, 0) is 50.7 Å². The number of hydrogen-bond acceptors (Lipinski definition) is 3. The van der Waals surface area contributed by atoms with Crippen molar-refractivity contribution in [1.29, 1.82) is 0 Å². The van der Waals surface area contributed by atoms with E-state index >= 15 is 0 Å². The summed E-state index contributed by atoms with van der Waals surface area (Å²) in [6.07, 6.45) is 0. The fraction of sp³-hybridized carbons (Fsp3) is 0.462. The van der Waals surface area contributed by atoms with Crippen molar-refractivity contribution in [3.05, 3.63) is 29.8 Å². The molecule has 5 heteroatoms. The Bertz CT molecular complexity index is 446. The summed E-state index contributed by atoms with van der Waals surface area (Å²) in [7, 11) is 1.67. The number of nitrogens with one attached hydrogen (secondary N) is 2. The molecule has 0 bridgehead atoms. The van der Waals surface area contributed by atoms with E-state index in [1.54, 1.807) is 7.11 Å². The molecule has 18 heavy (non-hydrogen) atoms. The fourth-order valence-electron chi connectivity index (χ4n) is 2.02. The van der Waals surface area contributed by atoms with E-state index in [0.29, 0.717) is 6.04 Å². The Morgan fingerprint density at radius 2 is 1.89 bits per heavy atom. The topological polar surface area (TPSA) is 36.5 Å². The maximum absolute atomic E-state index is 5.34. The minimum absolute atomic E-state index is 0.310. The lowest BCUT2D eigenvalue weighted by atomic mass is 10.0. The van der Waals surface area contributed by atoms with Crippen LogP contribution < -0.4 is 15.5 Å². The lowest BCUT2D eigenvalue weighted by Gasteiger charge is -2.27. The monoisotopic (exact) mass is 265 g/mol. The average Bonchev–Trinajstić information content (AvgIpc) is 2.66. The molecule has 0 aliphatic carbocycles. The standard InChI is InChI=1S/C13H19N3OS/c1-9(2)16-12(18)14-13(3,15-16)10-5-7-11(17-4)8-6-10/h5-9,15H,1-4H3,(H,14,18)/t13-/m1/s1. The number of ether oxygens (including phenoxy) is 1. The molecule has 1 atom stereocenters. The van der Waals surface area contributed by atoms with Gasteiger partial charge in [-0.25, -0.2) is 5.43 Å². The minimum atomic E-state index is -0.367. The van der Waals surface area contributed by atoms with Gasteiger partial charge in [0, 0.05) is 6.04 Å². The van der Waals surface area contributed by atoms with Crippen LogP contribution in [0.1, 0.15) is 26.3 Å². The fourth-order valence-corrected chi connectivity index (χ4v) is 2.48. The lowest BCUT2D eigenvalue weighted by Crippen LogP contribution is -2.47. The highest BCUT2D eigenvalue weighted by Crippen LogP contribution is 2.25. The Kier molecular flexibility index (Phi) is 3.45. The molecule has 98 valence electrons. The SMILES string of the molecule is COc1ccc([C@]2(C)NC(=S)N(C(C)C)N2)cc1. The second-order valence-electron chi connectivity index (χ2n) is 4.86. The second kappa shape index (κ2) is 4.74. The van der Waals surface area contributed by atoms with Crippen LogP contribution in [0.5, 0.6) is 5.75 Å². The maximum Gasteiger partial charge on any atom is 0.185 e. The van der Waals surface area contributed by atoms with Gasteiger partial charge in [-0.2, -0.15) is 0 Å². The molecule has 0 saturated carbocycles. The van der Waals surface area contributed by atoms with Crippen molar-refractivity contribution in [1.82, 2.24) is 15.8 Å². The molecule has 1 aliphatic rings. The van der Waals surface area contributed by atoms with Crippen LogP contribution in [-0.4, -0.2) is 23.3 Å². The molecule has 0 spiro atoms. The first kappa shape index (κ1) is 13.1. The Hall–Kier alpha value is -1.33. The summed E-state index contributed by atoms with van der Waals surface area (Å²) in [5.41, 5.74) is 4.16. The second-order valence-corrected chi connectivity index (χ2v) is 5.25. The van der Waals surface area contributed by atoms with E-state index in [-0.39, 0.29) is 5.66 Å². The molecule has 1 aromatic rings. The van der Waals surface area contributed by atoms with Gasteiger partial charge in [-0.1, -0.05) is 12.1 Å². The van der Waals surface area contributed by atoms with Crippen molar-refractivity contribution < 1.29 is 4.74 Å². The average molecular weight is 265 g/mol. The van der Waals surface area contributed by atoms with Crippen molar-refractivity contribution >= 4 is 17.3 Å². The highest BCUT2D eigenvalue weighted by atomic mass is 32.1. The number of nitrogens with zero attached hydrogens (tertiary/aromatic N) is 1. The van der Waals surface area contributed by atoms with E-state index in [2.05, 4.69) is 31.5 Å². The first-order valence-corrected chi connectivity index (χ1v) is 6.41. The molecule has 0 unspecified atom stereocenters. The third kappa shape index (κ3) is 2.28. The largest absolute Gasteiger partial charge is 0.497 e. The van der Waals surface area contributed by atoms with Crippen molar-refractivity contribution in [2.45, 2.75) is 32.5 Å². The van der Waals surface area contributed by atoms with Gasteiger partial charge in [-0.15, -0.1) is 0 Å². The normalized spacial score (nSPS) is 23.4. The number of hydrogen-bond donors (Lipinski definition) is 2. The Morgan fingerprint density at radius 1 is 1.28 bits per heavy atom. The Balaban J connectivity index is 2.24. The quantitative estimate of drug-likeness (QED) is 0.817. The van der Waals surface area contributed by atoms with Crippen molar-refractivity contribution in [2.75, 3.05) is 7.11 Å². The van der Waals surface area contributed by atoms with E-state index in [1.165, 1.54) is 0 Å². The van der Waals surface area contributed by atoms with Gasteiger partial charge in [-0.3, -0.25) is 5.01 Å². The van der Waals surface area contributed by atoms with Gasteiger partial charge in [0.05, 0.1) is 7.11 Å². The third-order valence-corrected chi connectivity index (χ3v) is 3.40. The van der Waals surface area contributed by atoms with E-state index in [0.717, 1.165) is 16.4 Å². The molecular weight excluding hydrogens is 246 g/mol. The van der Waals surface area contributed by atoms with Crippen LogP contribution in [0, 0.1) is 0 Å². The molecule has 1 fully saturated rings. The zero-order chi connectivity index (χ0) is 13.3. The highest BCUT2D eigenvalue weighted by molar-refractivity contribution is 7.80.